The van der Waals surface area contributed by atoms with Gasteiger partial charge in [0.25, 0.3) is 0 Å². The average molecular weight is 214 g/mol. The quantitative estimate of drug-likeness (QED) is 0.570. The van der Waals surface area contributed by atoms with Crippen LogP contribution in [0.2, 0.25) is 0 Å². The molecule has 0 amide bonds. The number of halogens is 3. The van der Waals surface area contributed by atoms with E-state index in [1.807, 2.05) is 13.8 Å². The van der Waals surface area contributed by atoms with Crippen LogP contribution in [-0.4, -0.2) is 0 Å². The topological polar surface area (TPSA) is 0 Å². The lowest BCUT2D eigenvalue weighted by Crippen LogP contribution is -2.04. The summed E-state index contributed by atoms with van der Waals surface area (Å²) in [6, 6.07) is 4.96. The van der Waals surface area contributed by atoms with E-state index in [0.29, 0.717) is 5.56 Å². The largest absolute Gasteiger partial charge is 0.416 e. The second-order valence-electron chi connectivity index (χ2n) is 2.45. The maximum absolute atomic E-state index is 12.2. The van der Waals surface area contributed by atoms with Gasteiger partial charge in [-0.2, -0.15) is 13.2 Å². The summed E-state index contributed by atoms with van der Waals surface area (Å²) in [6.07, 6.45) is -4.29. The minimum absolute atomic E-state index is 0.386. The lowest BCUT2D eigenvalue weighted by atomic mass is 10.1. The molecular weight excluding hydrogens is 201 g/mol. The molecule has 0 radical (unpaired) electrons. The van der Waals surface area contributed by atoms with Crippen LogP contribution in [0.1, 0.15) is 31.9 Å². The molecule has 0 atom stereocenters. The zero-order chi connectivity index (χ0) is 11.9. The summed E-state index contributed by atoms with van der Waals surface area (Å²) in [5.74, 6) is 5.12. The molecule has 0 saturated carbocycles. The van der Waals surface area contributed by atoms with E-state index in [1.54, 1.807) is 13.0 Å². The Balaban J connectivity index is 0.000000921. The highest BCUT2D eigenvalue weighted by atomic mass is 19.4. The van der Waals surface area contributed by atoms with Crippen LogP contribution in [0.3, 0.4) is 0 Å². The minimum atomic E-state index is -4.29. The monoisotopic (exact) mass is 214 g/mol. The molecule has 0 aliphatic carbocycles. The van der Waals surface area contributed by atoms with Gasteiger partial charge in [-0.25, -0.2) is 0 Å². The molecule has 0 aliphatic rings. The fraction of sp³-hybridized carbons (Fsp3) is 0.333. The van der Waals surface area contributed by atoms with Crippen molar-refractivity contribution in [3.63, 3.8) is 0 Å². The van der Waals surface area contributed by atoms with Crippen LogP contribution in [0.4, 0.5) is 13.2 Å². The average Bonchev–Trinajstić information content (AvgIpc) is 2.21. The van der Waals surface area contributed by atoms with Gasteiger partial charge in [0, 0.05) is 5.56 Å². The smallest absolute Gasteiger partial charge is 0.166 e. The highest BCUT2D eigenvalue weighted by molar-refractivity contribution is 5.37. The summed E-state index contributed by atoms with van der Waals surface area (Å²) in [7, 11) is 0. The highest BCUT2D eigenvalue weighted by Crippen LogP contribution is 2.29. The number of benzene rings is 1. The van der Waals surface area contributed by atoms with Crippen molar-refractivity contribution in [1.29, 1.82) is 0 Å². The van der Waals surface area contributed by atoms with Gasteiger partial charge in [0.1, 0.15) is 0 Å². The molecule has 0 heterocycles. The zero-order valence-electron chi connectivity index (χ0n) is 8.94. The predicted molar refractivity (Wildman–Crippen MR) is 55.3 cm³/mol. The van der Waals surface area contributed by atoms with E-state index >= 15 is 0 Å². The predicted octanol–water partition coefficient (Wildman–Crippen LogP) is 4.10. The van der Waals surface area contributed by atoms with Crippen molar-refractivity contribution in [3.8, 4) is 11.8 Å². The zero-order valence-corrected chi connectivity index (χ0v) is 8.94. The first kappa shape index (κ1) is 13.6. The Morgan fingerprint density at radius 2 is 1.73 bits per heavy atom. The molecule has 1 rings (SSSR count). The van der Waals surface area contributed by atoms with E-state index in [2.05, 4.69) is 11.8 Å². The molecule has 0 saturated heterocycles. The Hall–Kier alpha value is -1.43. The van der Waals surface area contributed by atoms with Gasteiger partial charge in [-0.05, 0) is 25.1 Å². The molecule has 0 aromatic heterocycles. The Morgan fingerprint density at radius 3 is 2.20 bits per heavy atom. The summed E-state index contributed by atoms with van der Waals surface area (Å²) < 4.78 is 36.5. The van der Waals surface area contributed by atoms with E-state index in [9.17, 15) is 13.2 Å². The van der Waals surface area contributed by atoms with Crippen LogP contribution in [0.5, 0.6) is 0 Å². The molecule has 1 aromatic rings. The molecule has 0 spiro atoms. The van der Waals surface area contributed by atoms with Crippen LogP contribution in [-0.2, 0) is 6.18 Å². The van der Waals surface area contributed by atoms with Gasteiger partial charge in [0.2, 0.25) is 0 Å². The molecule has 82 valence electrons. The number of alkyl halides is 3. The molecule has 3 heteroatoms. The van der Waals surface area contributed by atoms with Gasteiger partial charge in [-0.3, -0.25) is 0 Å². The minimum Gasteiger partial charge on any atom is -0.166 e. The lowest BCUT2D eigenvalue weighted by Gasteiger charge is -2.05. The van der Waals surface area contributed by atoms with Gasteiger partial charge >= 0.3 is 6.18 Å². The van der Waals surface area contributed by atoms with E-state index < -0.39 is 11.7 Å². The summed E-state index contributed by atoms with van der Waals surface area (Å²) in [5, 5.41) is 0. The Kier molecular flexibility index (Phi) is 5.54. The summed E-state index contributed by atoms with van der Waals surface area (Å²) >= 11 is 0. The Labute approximate surface area is 88.1 Å². The molecule has 0 nitrogen and oxygen atoms in total. The first-order valence-corrected chi connectivity index (χ1v) is 4.64. The number of hydrogen-bond acceptors (Lipinski definition) is 0. The molecule has 0 bridgehead atoms. The van der Waals surface area contributed by atoms with Crippen molar-refractivity contribution in [1.82, 2.24) is 0 Å². The first-order valence-electron chi connectivity index (χ1n) is 4.64. The van der Waals surface area contributed by atoms with Crippen molar-refractivity contribution in [2.24, 2.45) is 0 Å². The van der Waals surface area contributed by atoms with Gasteiger partial charge in [-0.15, -0.1) is 5.92 Å². The van der Waals surface area contributed by atoms with Gasteiger partial charge in [-0.1, -0.05) is 25.8 Å². The van der Waals surface area contributed by atoms with Gasteiger partial charge in [0.05, 0.1) is 5.56 Å². The Morgan fingerprint density at radius 1 is 1.13 bits per heavy atom. The molecule has 0 aliphatic heterocycles. The number of hydrogen-bond donors (Lipinski definition) is 0. The van der Waals surface area contributed by atoms with E-state index in [-0.39, 0.29) is 0 Å². The third kappa shape index (κ3) is 4.55. The molecule has 0 unspecified atom stereocenters. The van der Waals surface area contributed by atoms with Crippen molar-refractivity contribution < 1.29 is 13.2 Å². The van der Waals surface area contributed by atoms with Crippen molar-refractivity contribution in [3.05, 3.63) is 35.4 Å². The summed E-state index contributed by atoms with van der Waals surface area (Å²) in [4.78, 5) is 0. The Bertz CT molecular complexity index is 353. The van der Waals surface area contributed by atoms with Gasteiger partial charge in [0.15, 0.2) is 0 Å². The van der Waals surface area contributed by atoms with E-state index in [4.69, 9.17) is 0 Å². The fourth-order valence-electron chi connectivity index (χ4n) is 0.918. The first-order chi connectivity index (χ1) is 7.04. The van der Waals surface area contributed by atoms with E-state index in [1.165, 1.54) is 6.07 Å². The van der Waals surface area contributed by atoms with E-state index in [0.717, 1.165) is 12.1 Å². The summed E-state index contributed by atoms with van der Waals surface area (Å²) in [5.41, 5.74) is -0.273. The molecular formula is C12H13F3. The maximum atomic E-state index is 12.2. The van der Waals surface area contributed by atoms with Crippen LogP contribution < -0.4 is 0 Å². The number of rotatable bonds is 0. The highest BCUT2D eigenvalue weighted by Gasteiger charge is 2.30. The SMILES string of the molecule is CC.CC#Cc1cccc(C(F)(F)F)c1. The summed E-state index contributed by atoms with van der Waals surface area (Å²) in [6.45, 7) is 5.58. The van der Waals surface area contributed by atoms with Crippen LogP contribution >= 0.6 is 0 Å². The lowest BCUT2D eigenvalue weighted by molar-refractivity contribution is -0.137. The molecule has 1 aromatic carbocycles. The van der Waals surface area contributed by atoms with Crippen LogP contribution in [0.25, 0.3) is 0 Å². The molecule has 0 fully saturated rings. The third-order valence-corrected chi connectivity index (χ3v) is 1.46. The third-order valence-electron chi connectivity index (χ3n) is 1.46. The fourth-order valence-corrected chi connectivity index (χ4v) is 0.918. The second kappa shape index (κ2) is 6.13. The van der Waals surface area contributed by atoms with Gasteiger partial charge < -0.3 is 0 Å². The van der Waals surface area contributed by atoms with Crippen molar-refractivity contribution in [2.75, 3.05) is 0 Å². The van der Waals surface area contributed by atoms with Crippen LogP contribution in [0, 0.1) is 11.8 Å². The molecule has 15 heavy (non-hydrogen) atoms. The molecule has 0 N–H and O–H groups in total. The normalized spacial score (nSPS) is 9.47. The van der Waals surface area contributed by atoms with Crippen molar-refractivity contribution in [2.45, 2.75) is 26.9 Å². The second-order valence-corrected chi connectivity index (χ2v) is 2.45. The van der Waals surface area contributed by atoms with Crippen LogP contribution in [0.15, 0.2) is 24.3 Å². The maximum Gasteiger partial charge on any atom is 0.416 e. The standard InChI is InChI=1S/C10H7F3.C2H6/c1-2-4-8-5-3-6-9(7-8)10(11,12)13;1-2/h3,5-7H,1H3;1-2H3. The van der Waals surface area contributed by atoms with Crippen molar-refractivity contribution >= 4 is 0 Å².